The van der Waals surface area contributed by atoms with Crippen molar-refractivity contribution in [1.82, 2.24) is 9.21 Å². The highest BCUT2D eigenvalue weighted by Crippen LogP contribution is 2.26. The summed E-state index contributed by atoms with van der Waals surface area (Å²) in [5.74, 6) is -0.260. The molecule has 0 aromatic heterocycles. The number of ether oxygens (including phenoxy) is 1. The highest BCUT2D eigenvalue weighted by atomic mass is 35.5. The van der Waals surface area contributed by atoms with Gasteiger partial charge in [0.05, 0.1) is 11.1 Å². The van der Waals surface area contributed by atoms with E-state index in [2.05, 4.69) is 0 Å². The van der Waals surface area contributed by atoms with Crippen LogP contribution in [0.2, 0.25) is 5.02 Å². The molecule has 2 aromatic carbocycles. The molecule has 0 N–H and O–H groups in total. The summed E-state index contributed by atoms with van der Waals surface area (Å²) in [6, 6.07) is 12.4. The van der Waals surface area contributed by atoms with Gasteiger partial charge in [-0.05, 0) is 48.7 Å². The fourth-order valence-corrected chi connectivity index (χ4v) is 4.98. The van der Waals surface area contributed by atoms with E-state index < -0.39 is 10.0 Å². The Morgan fingerprint density at radius 2 is 1.78 bits per heavy atom. The van der Waals surface area contributed by atoms with E-state index >= 15 is 0 Å². The summed E-state index contributed by atoms with van der Waals surface area (Å²) in [6.45, 7) is 1.52. The second-order valence-electron chi connectivity index (χ2n) is 8.31. The van der Waals surface area contributed by atoms with E-state index in [4.69, 9.17) is 16.3 Å². The van der Waals surface area contributed by atoms with Gasteiger partial charge in [0.25, 0.3) is 5.91 Å². The lowest BCUT2D eigenvalue weighted by molar-refractivity contribution is 0.0507. The molecular weight excluding hydrogens is 450 g/mol. The van der Waals surface area contributed by atoms with Crippen LogP contribution >= 0.6 is 11.6 Å². The van der Waals surface area contributed by atoms with Crippen LogP contribution in [-0.2, 0) is 21.3 Å². The van der Waals surface area contributed by atoms with Crippen LogP contribution in [-0.4, -0.2) is 71.0 Å². The van der Waals surface area contributed by atoms with Gasteiger partial charge in [-0.1, -0.05) is 23.7 Å². The average molecular weight is 480 g/mol. The number of benzene rings is 2. The Kier molecular flexibility index (Phi) is 7.82. The first-order chi connectivity index (χ1) is 15.1. The molecule has 3 rings (SSSR count). The van der Waals surface area contributed by atoms with E-state index in [1.165, 1.54) is 26.2 Å². The Hall–Kier alpha value is -2.13. The Morgan fingerprint density at radius 1 is 1.09 bits per heavy atom. The van der Waals surface area contributed by atoms with E-state index in [9.17, 15) is 13.2 Å². The van der Waals surface area contributed by atoms with Gasteiger partial charge in [0, 0.05) is 59.1 Å². The Labute approximate surface area is 195 Å². The molecule has 174 valence electrons. The van der Waals surface area contributed by atoms with Crippen LogP contribution in [0, 0.1) is 0 Å². The monoisotopic (exact) mass is 479 g/mol. The fraction of sp³-hybridized carbons (Fsp3) is 0.435. The van der Waals surface area contributed by atoms with E-state index in [-0.39, 0.29) is 27.5 Å². The zero-order chi connectivity index (χ0) is 23.5. The van der Waals surface area contributed by atoms with Gasteiger partial charge >= 0.3 is 0 Å². The van der Waals surface area contributed by atoms with E-state index in [1.807, 2.05) is 43.3 Å². The summed E-state index contributed by atoms with van der Waals surface area (Å²) in [5, 5.41) is 0.0835. The van der Waals surface area contributed by atoms with Crippen LogP contribution < -0.4 is 4.90 Å². The van der Waals surface area contributed by atoms with Gasteiger partial charge in [-0.15, -0.1) is 0 Å². The predicted octanol–water partition coefficient (Wildman–Crippen LogP) is 3.48. The van der Waals surface area contributed by atoms with Crippen LogP contribution in [0.25, 0.3) is 0 Å². The minimum atomic E-state index is -3.78. The maximum Gasteiger partial charge on any atom is 0.254 e. The van der Waals surface area contributed by atoms with Crippen molar-refractivity contribution in [2.75, 3.05) is 46.2 Å². The van der Waals surface area contributed by atoms with Gasteiger partial charge in [0.15, 0.2) is 0 Å². The van der Waals surface area contributed by atoms with Crippen molar-refractivity contribution >= 4 is 33.2 Å². The molecule has 32 heavy (non-hydrogen) atoms. The Bertz CT molecular complexity index is 1050. The van der Waals surface area contributed by atoms with E-state index in [0.29, 0.717) is 19.7 Å². The third kappa shape index (κ3) is 5.61. The van der Waals surface area contributed by atoms with Crippen molar-refractivity contribution in [3.05, 3.63) is 58.6 Å². The quantitative estimate of drug-likeness (QED) is 0.579. The van der Waals surface area contributed by atoms with Gasteiger partial charge in [-0.2, -0.15) is 0 Å². The molecule has 2 aromatic rings. The number of hydrogen-bond acceptors (Lipinski definition) is 5. The van der Waals surface area contributed by atoms with Gasteiger partial charge in [-0.3, -0.25) is 4.79 Å². The summed E-state index contributed by atoms with van der Waals surface area (Å²) in [7, 11) is 3.03. The highest BCUT2D eigenvalue weighted by Gasteiger charge is 2.27. The number of amides is 1. The topological polar surface area (TPSA) is 70.2 Å². The zero-order valence-electron chi connectivity index (χ0n) is 18.9. The normalized spacial score (nSPS) is 16.4. The maximum absolute atomic E-state index is 13.5. The van der Waals surface area contributed by atoms with Crippen LogP contribution in [0.1, 0.15) is 28.8 Å². The second-order valence-corrected chi connectivity index (χ2v) is 10.8. The van der Waals surface area contributed by atoms with Crippen molar-refractivity contribution in [2.45, 2.75) is 30.4 Å². The molecule has 1 heterocycles. The van der Waals surface area contributed by atoms with Crippen LogP contribution in [0.4, 0.5) is 5.69 Å². The summed E-state index contributed by atoms with van der Waals surface area (Å²) < 4.78 is 32.1. The second kappa shape index (κ2) is 10.2. The van der Waals surface area contributed by atoms with Crippen LogP contribution in [0.3, 0.4) is 0 Å². The third-order valence-electron chi connectivity index (χ3n) is 5.50. The number of rotatable bonds is 8. The van der Waals surface area contributed by atoms with E-state index in [1.54, 1.807) is 11.0 Å². The molecule has 0 bridgehead atoms. The molecule has 0 unspecified atom stereocenters. The van der Waals surface area contributed by atoms with Crippen molar-refractivity contribution in [1.29, 1.82) is 0 Å². The minimum absolute atomic E-state index is 0.0303. The summed E-state index contributed by atoms with van der Waals surface area (Å²) in [5.41, 5.74) is 2.33. The number of sulfonamides is 1. The smallest absolute Gasteiger partial charge is 0.254 e. The summed E-state index contributed by atoms with van der Waals surface area (Å²) in [6.07, 6.45) is 1.83. The SMILES string of the molecule is CN(C)c1ccc(CN(C[C@H]2CCCO2)C(=O)c2ccc(Cl)c(S(=O)(=O)N(C)C)c2)cc1. The van der Waals surface area contributed by atoms with Crippen molar-refractivity contribution in [3.63, 3.8) is 0 Å². The van der Waals surface area contributed by atoms with Gasteiger partial charge in [0.1, 0.15) is 4.90 Å². The fourth-order valence-electron chi connectivity index (χ4n) is 3.59. The molecule has 0 spiro atoms. The molecule has 1 saturated heterocycles. The van der Waals surface area contributed by atoms with Crippen molar-refractivity contribution in [3.8, 4) is 0 Å². The molecular formula is C23H30ClN3O4S. The Morgan fingerprint density at radius 3 is 2.34 bits per heavy atom. The first-order valence-electron chi connectivity index (χ1n) is 10.5. The van der Waals surface area contributed by atoms with Crippen molar-refractivity contribution in [2.24, 2.45) is 0 Å². The first kappa shape index (κ1) is 24.5. The number of carbonyl (C=O) groups excluding carboxylic acids is 1. The number of anilines is 1. The molecule has 1 amide bonds. The number of halogens is 1. The molecule has 0 aliphatic carbocycles. The maximum atomic E-state index is 13.5. The van der Waals surface area contributed by atoms with Crippen molar-refractivity contribution < 1.29 is 17.9 Å². The number of nitrogens with zero attached hydrogens (tertiary/aromatic N) is 3. The molecule has 1 fully saturated rings. The molecule has 1 atom stereocenters. The summed E-state index contributed by atoms with van der Waals surface area (Å²) in [4.78, 5) is 17.1. The lowest BCUT2D eigenvalue weighted by Crippen LogP contribution is -2.37. The third-order valence-corrected chi connectivity index (χ3v) is 7.79. The molecule has 9 heteroatoms. The molecule has 1 aliphatic heterocycles. The average Bonchev–Trinajstić information content (AvgIpc) is 3.26. The van der Waals surface area contributed by atoms with Gasteiger partial charge in [-0.25, -0.2) is 12.7 Å². The zero-order valence-corrected chi connectivity index (χ0v) is 20.5. The first-order valence-corrected chi connectivity index (χ1v) is 12.3. The van der Waals surface area contributed by atoms with Crippen LogP contribution in [0.5, 0.6) is 0 Å². The Balaban J connectivity index is 1.91. The standard InChI is InChI=1S/C23H30ClN3O4S/c1-25(2)19-10-7-17(8-11-19)15-27(16-20-6-5-13-31-20)23(28)18-9-12-21(24)22(14-18)32(29,30)26(3)4/h7-12,14,20H,5-6,13,15-16H2,1-4H3/t20-/m1/s1. The molecule has 0 radical (unpaired) electrons. The predicted molar refractivity (Wildman–Crippen MR) is 127 cm³/mol. The molecule has 1 aliphatic rings. The lowest BCUT2D eigenvalue weighted by atomic mass is 10.1. The highest BCUT2D eigenvalue weighted by molar-refractivity contribution is 7.89. The van der Waals surface area contributed by atoms with Crippen LogP contribution in [0.15, 0.2) is 47.4 Å². The van der Waals surface area contributed by atoms with Gasteiger partial charge in [0.2, 0.25) is 10.0 Å². The lowest BCUT2D eigenvalue weighted by Gasteiger charge is -2.26. The minimum Gasteiger partial charge on any atom is -0.378 e. The molecule has 7 nitrogen and oxygen atoms in total. The number of carbonyl (C=O) groups is 1. The summed E-state index contributed by atoms with van der Waals surface area (Å²) >= 11 is 6.16. The number of hydrogen-bond donors (Lipinski definition) is 0. The van der Waals surface area contributed by atoms with Gasteiger partial charge < -0.3 is 14.5 Å². The molecule has 0 saturated carbocycles. The van der Waals surface area contributed by atoms with E-state index in [0.717, 1.165) is 28.4 Å². The largest absolute Gasteiger partial charge is 0.378 e.